The van der Waals surface area contributed by atoms with Gasteiger partial charge in [0.15, 0.2) is 0 Å². The third-order valence-corrected chi connectivity index (χ3v) is 4.38. The lowest BCUT2D eigenvalue weighted by molar-refractivity contribution is 0.109. The first kappa shape index (κ1) is 13.1. The van der Waals surface area contributed by atoms with Gasteiger partial charge in [-0.15, -0.1) is 0 Å². The Balaban J connectivity index is 1.74. The quantitative estimate of drug-likeness (QED) is 0.763. The van der Waals surface area contributed by atoms with E-state index in [-0.39, 0.29) is 6.09 Å². The summed E-state index contributed by atoms with van der Waals surface area (Å²) in [7, 11) is 0. The van der Waals surface area contributed by atoms with Crippen LogP contribution in [-0.4, -0.2) is 23.1 Å². The second kappa shape index (κ2) is 5.22. The van der Waals surface area contributed by atoms with E-state index < -0.39 is 0 Å². The van der Waals surface area contributed by atoms with Crippen molar-refractivity contribution in [1.82, 2.24) is 4.90 Å². The molecular weight excluding hydrogens is 285 g/mol. The first-order chi connectivity index (χ1) is 9.13. The fourth-order valence-electron chi connectivity index (χ4n) is 3.16. The fourth-order valence-corrected chi connectivity index (χ4v) is 3.66. The van der Waals surface area contributed by atoms with E-state index in [4.69, 9.17) is 27.9 Å². The molecule has 0 N–H and O–H groups in total. The molecule has 3 nitrogen and oxygen atoms in total. The normalized spacial score (nSPS) is 25.5. The van der Waals surface area contributed by atoms with Crippen molar-refractivity contribution in [2.75, 3.05) is 0 Å². The average Bonchev–Trinajstić information content (AvgIpc) is 2.58. The number of nitrogens with zero attached hydrogens (tertiary/aromatic N) is 1. The third-order valence-electron chi connectivity index (χ3n) is 3.95. The van der Waals surface area contributed by atoms with E-state index in [1.807, 2.05) is 4.90 Å². The molecule has 3 rings (SSSR count). The van der Waals surface area contributed by atoms with Crippen LogP contribution in [0.5, 0.6) is 5.75 Å². The third kappa shape index (κ3) is 2.67. The molecule has 102 valence electrons. The molecule has 2 unspecified atom stereocenters. The van der Waals surface area contributed by atoms with Crippen molar-refractivity contribution in [3.63, 3.8) is 0 Å². The Bertz CT molecular complexity index is 470. The molecule has 2 heterocycles. The number of halogens is 2. The summed E-state index contributed by atoms with van der Waals surface area (Å²) in [6.45, 7) is 0. The van der Waals surface area contributed by atoms with E-state index in [1.54, 1.807) is 18.2 Å². The van der Waals surface area contributed by atoms with E-state index in [2.05, 4.69) is 0 Å². The van der Waals surface area contributed by atoms with Gasteiger partial charge in [0.2, 0.25) is 0 Å². The lowest BCUT2D eigenvalue weighted by atomic mass is 10.0. The largest absolute Gasteiger partial charge is 0.415 e. The number of carbonyl (C=O) groups is 1. The SMILES string of the molecule is O=C(Oc1cc(Cl)cc(Cl)c1)N1C2CCCC1CC2. The predicted molar refractivity (Wildman–Crippen MR) is 75.0 cm³/mol. The number of hydrogen-bond donors (Lipinski definition) is 0. The van der Waals surface area contributed by atoms with Gasteiger partial charge in [-0.3, -0.25) is 0 Å². The Kier molecular flexibility index (Phi) is 3.59. The van der Waals surface area contributed by atoms with Crippen LogP contribution < -0.4 is 4.74 Å². The van der Waals surface area contributed by atoms with Crippen LogP contribution in [0.3, 0.4) is 0 Å². The smallest absolute Gasteiger partial charge is 0.410 e. The zero-order chi connectivity index (χ0) is 13.4. The van der Waals surface area contributed by atoms with Gasteiger partial charge in [0.05, 0.1) is 0 Å². The maximum atomic E-state index is 12.3. The molecule has 1 amide bonds. The highest BCUT2D eigenvalue weighted by Crippen LogP contribution is 2.36. The van der Waals surface area contributed by atoms with E-state index in [0.29, 0.717) is 27.9 Å². The summed E-state index contributed by atoms with van der Waals surface area (Å²) >= 11 is 11.8. The molecule has 2 bridgehead atoms. The Labute approximate surface area is 122 Å². The number of carbonyl (C=O) groups excluding carboxylic acids is 1. The zero-order valence-electron chi connectivity index (χ0n) is 10.4. The van der Waals surface area contributed by atoms with Gasteiger partial charge in [-0.2, -0.15) is 0 Å². The lowest BCUT2D eigenvalue weighted by Gasteiger charge is -2.33. The summed E-state index contributed by atoms with van der Waals surface area (Å²) in [5.74, 6) is 0.410. The van der Waals surface area contributed by atoms with Gasteiger partial charge in [0.1, 0.15) is 5.75 Å². The molecule has 2 atom stereocenters. The van der Waals surface area contributed by atoms with Crippen molar-refractivity contribution in [1.29, 1.82) is 0 Å². The monoisotopic (exact) mass is 299 g/mol. The topological polar surface area (TPSA) is 29.5 Å². The van der Waals surface area contributed by atoms with Crippen LogP contribution in [0.15, 0.2) is 18.2 Å². The van der Waals surface area contributed by atoms with Gasteiger partial charge in [-0.1, -0.05) is 23.2 Å². The highest BCUT2D eigenvalue weighted by molar-refractivity contribution is 6.34. The van der Waals surface area contributed by atoms with Gasteiger partial charge >= 0.3 is 6.09 Å². The molecular formula is C14H15Cl2NO2. The van der Waals surface area contributed by atoms with Crippen LogP contribution in [0, 0.1) is 0 Å². The summed E-state index contributed by atoms with van der Waals surface area (Å²) in [5.41, 5.74) is 0. The van der Waals surface area contributed by atoms with Crippen molar-refractivity contribution in [2.45, 2.75) is 44.2 Å². The van der Waals surface area contributed by atoms with E-state index in [0.717, 1.165) is 25.7 Å². The van der Waals surface area contributed by atoms with Gasteiger partial charge in [-0.05, 0) is 50.3 Å². The number of benzene rings is 1. The number of hydrogen-bond acceptors (Lipinski definition) is 2. The molecule has 0 saturated carbocycles. The van der Waals surface area contributed by atoms with Crippen molar-refractivity contribution in [2.24, 2.45) is 0 Å². The van der Waals surface area contributed by atoms with E-state index in [1.165, 1.54) is 6.42 Å². The van der Waals surface area contributed by atoms with Crippen molar-refractivity contribution in [3.8, 4) is 5.75 Å². The Morgan fingerprint density at radius 3 is 2.21 bits per heavy atom. The standard InChI is InChI=1S/C14H15Cl2NO2/c15-9-6-10(16)8-13(7-9)19-14(18)17-11-2-1-3-12(17)5-4-11/h6-8,11-12H,1-5H2. The number of rotatable bonds is 1. The van der Waals surface area contributed by atoms with E-state index in [9.17, 15) is 4.79 Å². The predicted octanol–water partition coefficient (Wildman–Crippen LogP) is 4.51. The first-order valence-electron chi connectivity index (χ1n) is 6.60. The van der Waals surface area contributed by atoms with Gasteiger partial charge < -0.3 is 9.64 Å². The summed E-state index contributed by atoms with van der Waals surface area (Å²) in [4.78, 5) is 14.2. The zero-order valence-corrected chi connectivity index (χ0v) is 12.0. The van der Waals surface area contributed by atoms with Crippen molar-refractivity contribution >= 4 is 29.3 Å². The summed E-state index contributed by atoms with van der Waals surface area (Å²) < 4.78 is 5.41. The van der Waals surface area contributed by atoms with Crippen LogP contribution in [0.4, 0.5) is 4.79 Å². The maximum absolute atomic E-state index is 12.3. The molecule has 2 fully saturated rings. The Morgan fingerprint density at radius 1 is 1.05 bits per heavy atom. The molecule has 1 aromatic carbocycles. The highest BCUT2D eigenvalue weighted by Gasteiger charge is 2.40. The molecule has 0 aromatic heterocycles. The highest BCUT2D eigenvalue weighted by atomic mass is 35.5. The number of amides is 1. The summed E-state index contributed by atoms with van der Waals surface area (Å²) in [6, 6.07) is 5.53. The average molecular weight is 300 g/mol. The molecule has 0 radical (unpaired) electrons. The minimum atomic E-state index is -0.273. The summed E-state index contributed by atoms with van der Waals surface area (Å²) in [5, 5.41) is 0.939. The minimum absolute atomic E-state index is 0.273. The van der Waals surface area contributed by atoms with Crippen molar-refractivity contribution < 1.29 is 9.53 Å². The number of ether oxygens (including phenoxy) is 1. The van der Waals surface area contributed by atoms with Gasteiger partial charge in [0.25, 0.3) is 0 Å². The molecule has 19 heavy (non-hydrogen) atoms. The molecule has 2 saturated heterocycles. The Hall–Kier alpha value is -0.930. The second-order valence-electron chi connectivity index (χ2n) is 5.20. The molecule has 0 spiro atoms. The molecule has 2 aliphatic heterocycles. The van der Waals surface area contributed by atoms with Crippen molar-refractivity contribution in [3.05, 3.63) is 28.2 Å². The van der Waals surface area contributed by atoms with Crippen LogP contribution in [0.25, 0.3) is 0 Å². The van der Waals surface area contributed by atoms with Gasteiger partial charge in [0, 0.05) is 22.1 Å². The molecule has 2 aliphatic rings. The number of fused-ring (bicyclic) bond motifs is 2. The molecule has 5 heteroatoms. The van der Waals surface area contributed by atoms with Crippen LogP contribution in [-0.2, 0) is 0 Å². The van der Waals surface area contributed by atoms with Crippen LogP contribution in [0.2, 0.25) is 10.0 Å². The van der Waals surface area contributed by atoms with Gasteiger partial charge in [-0.25, -0.2) is 4.79 Å². The Morgan fingerprint density at radius 2 is 1.63 bits per heavy atom. The second-order valence-corrected chi connectivity index (χ2v) is 6.07. The number of piperidine rings is 1. The first-order valence-corrected chi connectivity index (χ1v) is 7.35. The molecule has 1 aromatic rings. The van der Waals surface area contributed by atoms with Crippen LogP contribution >= 0.6 is 23.2 Å². The maximum Gasteiger partial charge on any atom is 0.415 e. The lowest BCUT2D eigenvalue weighted by Crippen LogP contribution is -2.45. The fraction of sp³-hybridized carbons (Fsp3) is 0.500. The minimum Gasteiger partial charge on any atom is -0.410 e. The van der Waals surface area contributed by atoms with E-state index >= 15 is 0 Å². The van der Waals surface area contributed by atoms with Crippen LogP contribution in [0.1, 0.15) is 32.1 Å². The summed E-state index contributed by atoms with van der Waals surface area (Å²) in [6.07, 6.45) is 5.29. The molecule has 0 aliphatic carbocycles.